The number of rotatable bonds is 8. The van der Waals surface area contributed by atoms with Gasteiger partial charge in [-0.1, -0.05) is 42.0 Å². The molecule has 2 saturated heterocycles. The Kier molecular flexibility index (Phi) is 8.33. The number of nitrogens with one attached hydrogen (secondary N) is 1. The summed E-state index contributed by atoms with van der Waals surface area (Å²) in [7, 11) is 0. The van der Waals surface area contributed by atoms with E-state index in [0.29, 0.717) is 51.3 Å². The molecule has 3 fully saturated rings. The number of carbonyl (C=O) groups excluding carboxylic acids is 1. The Morgan fingerprint density at radius 3 is 2.56 bits per heavy atom. The van der Waals surface area contributed by atoms with Gasteiger partial charge in [0, 0.05) is 25.9 Å². The fourth-order valence-corrected chi connectivity index (χ4v) is 5.53. The number of benzene rings is 2. The first kappa shape index (κ1) is 27.7. The van der Waals surface area contributed by atoms with Crippen LogP contribution in [0.4, 0.5) is 0 Å². The van der Waals surface area contributed by atoms with Crippen molar-refractivity contribution in [3.8, 4) is 6.07 Å². The fourth-order valence-electron chi connectivity index (χ4n) is 5.53. The van der Waals surface area contributed by atoms with Crippen molar-refractivity contribution in [2.75, 3.05) is 26.3 Å². The smallest absolute Gasteiger partial charge is 0.266 e. The molecule has 9 nitrogen and oxygen atoms in total. The molecule has 39 heavy (non-hydrogen) atoms. The number of nitrogens with zero attached hydrogens (tertiary/aromatic N) is 2. The van der Waals surface area contributed by atoms with E-state index in [1.807, 2.05) is 56.1 Å². The predicted octanol–water partition coefficient (Wildman–Crippen LogP) is 3.38. The second-order valence-corrected chi connectivity index (χ2v) is 11.0. The lowest BCUT2D eigenvalue weighted by Gasteiger charge is -2.44. The van der Waals surface area contributed by atoms with E-state index in [0.717, 1.165) is 16.7 Å². The summed E-state index contributed by atoms with van der Waals surface area (Å²) in [5.41, 5.74) is 5.54. The molecular formula is C30H37N3O6. The second-order valence-electron chi connectivity index (χ2n) is 11.0. The molecule has 0 radical (unpaired) electrons. The third kappa shape index (κ3) is 6.67. The molecule has 0 aromatic heterocycles. The Balaban J connectivity index is 1.40. The molecule has 1 N–H and O–H groups in total. The normalized spacial score (nSPS) is 28.4. The van der Waals surface area contributed by atoms with Crippen LogP contribution in [0.15, 0.2) is 48.5 Å². The van der Waals surface area contributed by atoms with Crippen LogP contribution in [0.2, 0.25) is 0 Å². The summed E-state index contributed by atoms with van der Waals surface area (Å²) in [4.78, 5) is 14.0. The van der Waals surface area contributed by atoms with Gasteiger partial charge in [0.1, 0.15) is 6.10 Å². The molecule has 0 spiro atoms. The van der Waals surface area contributed by atoms with E-state index < -0.39 is 17.5 Å². The van der Waals surface area contributed by atoms with Crippen LogP contribution in [0.5, 0.6) is 0 Å². The molecule has 5 rings (SSSR count). The van der Waals surface area contributed by atoms with Crippen LogP contribution >= 0.6 is 0 Å². The standard InChI is InChI=1S/C30H37N3O6/c1-21-5-4-6-24(15-21)20-37-30(28(34)32-33-11-13-35-14-12-33)16-25(27-26(17-30)38-29(2,3)39-27)36-19-23-9-7-22(18-31)8-10-23/h4-10,15,25-27H,11-14,16-17,19-20H2,1-3H3,(H,32,34)/t25-,26-,27+,30-/m1/s1. The van der Waals surface area contributed by atoms with Crippen molar-refractivity contribution < 1.29 is 28.5 Å². The van der Waals surface area contributed by atoms with Crippen LogP contribution < -0.4 is 5.43 Å². The van der Waals surface area contributed by atoms with Gasteiger partial charge in [-0.05, 0) is 44.0 Å². The predicted molar refractivity (Wildman–Crippen MR) is 142 cm³/mol. The van der Waals surface area contributed by atoms with Crippen molar-refractivity contribution in [2.24, 2.45) is 0 Å². The number of nitriles is 1. The first-order chi connectivity index (χ1) is 18.7. The van der Waals surface area contributed by atoms with E-state index in [1.165, 1.54) is 0 Å². The van der Waals surface area contributed by atoms with Gasteiger partial charge >= 0.3 is 0 Å². The van der Waals surface area contributed by atoms with Gasteiger partial charge in [-0.3, -0.25) is 10.2 Å². The Labute approximate surface area is 229 Å². The molecule has 0 unspecified atom stereocenters. The highest BCUT2D eigenvalue weighted by atomic mass is 16.8. The van der Waals surface area contributed by atoms with Gasteiger partial charge in [0.2, 0.25) is 0 Å². The summed E-state index contributed by atoms with van der Waals surface area (Å²) < 4.78 is 31.1. The average Bonchev–Trinajstić information content (AvgIpc) is 3.25. The molecule has 2 aromatic rings. The van der Waals surface area contributed by atoms with Gasteiger partial charge in [0.15, 0.2) is 11.4 Å². The first-order valence-corrected chi connectivity index (χ1v) is 13.5. The molecule has 2 aromatic carbocycles. The zero-order chi connectivity index (χ0) is 27.5. The molecular weight excluding hydrogens is 498 g/mol. The van der Waals surface area contributed by atoms with Crippen molar-refractivity contribution >= 4 is 5.91 Å². The topological polar surface area (TPSA) is 102 Å². The molecule has 9 heteroatoms. The maximum atomic E-state index is 14.0. The van der Waals surface area contributed by atoms with E-state index >= 15 is 0 Å². The second kappa shape index (κ2) is 11.7. The van der Waals surface area contributed by atoms with Crippen molar-refractivity contribution in [3.05, 3.63) is 70.8 Å². The molecule has 3 aliphatic rings. The third-order valence-corrected chi connectivity index (χ3v) is 7.48. The van der Waals surface area contributed by atoms with Gasteiger partial charge in [-0.25, -0.2) is 5.01 Å². The number of carbonyl (C=O) groups is 1. The summed E-state index contributed by atoms with van der Waals surface area (Å²) in [5, 5.41) is 11.0. The fraction of sp³-hybridized carbons (Fsp3) is 0.533. The molecule has 1 saturated carbocycles. The largest absolute Gasteiger partial charge is 0.379 e. The number of hydrogen-bond donors (Lipinski definition) is 1. The van der Waals surface area contributed by atoms with E-state index in [1.54, 1.807) is 12.1 Å². The summed E-state index contributed by atoms with van der Waals surface area (Å²) >= 11 is 0. The number of hydrogen-bond acceptors (Lipinski definition) is 8. The zero-order valence-corrected chi connectivity index (χ0v) is 22.9. The number of hydrazine groups is 1. The maximum absolute atomic E-state index is 14.0. The molecule has 1 aliphatic carbocycles. The molecule has 2 heterocycles. The van der Waals surface area contributed by atoms with Gasteiger partial charge in [0.05, 0.1) is 50.3 Å². The van der Waals surface area contributed by atoms with Crippen LogP contribution in [-0.4, -0.2) is 66.9 Å². The Morgan fingerprint density at radius 2 is 1.85 bits per heavy atom. The minimum atomic E-state index is -1.19. The number of aryl methyl sites for hydroxylation is 1. The van der Waals surface area contributed by atoms with Crippen molar-refractivity contribution in [2.45, 2.75) is 76.5 Å². The Hall–Kier alpha value is -2.84. The van der Waals surface area contributed by atoms with Crippen molar-refractivity contribution in [1.29, 1.82) is 5.26 Å². The lowest BCUT2D eigenvalue weighted by atomic mass is 9.78. The number of ether oxygens (including phenoxy) is 5. The van der Waals surface area contributed by atoms with E-state index in [4.69, 9.17) is 28.9 Å². The quantitative estimate of drug-likeness (QED) is 0.549. The number of amides is 1. The molecule has 208 valence electrons. The van der Waals surface area contributed by atoms with E-state index in [2.05, 4.69) is 17.6 Å². The monoisotopic (exact) mass is 535 g/mol. The highest BCUT2D eigenvalue weighted by molar-refractivity contribution is 5.85. The van der Waals surface area contributed by atoms with Gasteiger partial charge in [-0.2, -0.15) is 5.26 Å². The summed E-state index contributed by atoms with van der Waals surface area (Å²) in [6.45, 7) is 8.72. The number of fused-ring (bicyclic) bond motifs is 1. The highest BCUT2D eigenvalue weighted by Crippen LogP contribution is 2.44. The average molecular weight is 536 g/mol. The zero-order valence-electron chi connectivity index (χ0n) is 22.9. The van der Waals surface area contributed by atoms with Crippen LogP contribution in [-0.2, 0) is 41.7 Å². The van der Waals surface area contributed by atoms with Crippen molar-refractivity contribution in [3.63, 3.8) is 0 Å². The third-order valence-electron chi connectivity index (χ3n) is 7.48. The Morgan fingerprint density at radius 1 is 1.08 bits per heavy atom. The maximum Gasteiger partial charge on any atom is 0.266 e. The van der Waals surface area contributed by atoms with Gasteiger partial charge < -0.3 is 23.7 Å². The van der Waals surface area contributed by atoms with Gasteiger partial charge in [0.25, 0.3) is 5.91 Å². The Bertz CT molecular complexity index is 1190. The summed E-state index contributed by atoms with van der Waals surface area (Å²) in [5.74, 6) is -1.02. The van der Waals surface area contributed by atoms with Crippen LogP contribution in [0.1, 0.15) is 48.9 Å². The van der Waals surface area contributed by atoms with E-state index in [9.17, 15) is 4.79 Å². The van der Waals surface area contributed by atoms with E-state index in [-0.39, 0.29) is 24.7 Å². The minimum absolute atomic E-state index is 0.212. The molecule has 2 aliphatic heterocycles. The highest BCUT2D eigenvalue weighted by Gasteiger charge is 2.58. The SMILES string of the molecule is Cc1cccc(CO[C@]2(C(=O)NN3CCOCC3)C[C@@H](OCc3ccc(C#N)cc3)[C@@H]3OC(C)(C)O[C@@H]3C2)c1. The first-order valence-electron chi connectivity index (χ1n) is 13.5. The molecule has 0 bridgehead atoms. The van der Waals surface area contributed by atoms with Crippen molar-refractivity contribution in [1.82, 2.24) is 10.4 Å². The summed E-state index contributed by atoms with van der Waals surface area (Å²) in [6.07, 6.45) is -0.516. The molecule has 1 amide bonds. The summed E-state index contributed by atoms with van der Waals surface area (Å²) in [6, 6.07) is 17.5. The lowest BCUT2D eigenvalue weighted by Crippen LogP contribution is -2.63. The molecule has 4 atom stereocenters. The lowest BCUT2D eigenvalue weighted by molar-refractivity contribution is -0.187. The van der Waals surface area contributed by atoms with Crippen LogP contribution in [0.3, 0.4) is 0 Å². The van der Waals surface area contributed by atoms with Gasteiger partial charge in [-0.15, -0.1) is 0 Å². The van der Waals surface area contributed by atoms with Crippen LogP contribution in [0.25, 0.3) is 0 Å². The van der Waals surface area contributed by atoms with Crippen LogP contribution in [0, 0.1) is 18.3 Å². The number of morpholine rings is 1. The minimum Gasteiger partial charge on any atom is -0.379 e.